The van der Waals surface area contributed by atoms with Crippen LogP contribution in [0.15, 0.2) is 72.3 Å². The molecule has 37 heavy (non-hydrogen) atoms. The Balaban J connectivity index is 1.68. The van der Waals surface area contributed by atoms with Gasteiger partial charge in [-0.15, -0.1) is 0 Å². The quantitative estimate of drug-likeness (QED) is 0.165. The third kappa shape index (κ3) is 4.72. The standard InChI is InChI=1S/C29H25ClN2O4S/c1-4-17-5-14-22-23(15-17)37-29(31-22)32-25(18-8-12-21(13-9-18)36-16(2)3)24(27(34)28(32)35)26(33)19-6-10-20(30)11-7-19/h5-16,25,33H,4H2,1-3H3. The smallest absolute Gasteiger partial charge is 0.301 e. The van der Waals surface area contributed by atoms with Crippen LogP contribution in [0.3, 0.4) is 0 Å². The lowest BCUT2D eigenvalue weighted by Gasteiger charge is -2.23. The molecule has 1 aliphatic heterocycles. The number of carbonyl (C=O) groups is 2. The number of aliphatic hydroxyl groups is 1. The summed E-state index contributed by atoms with van der Waals surface area (Å²) in [6, 6.07) is 18.8. The first kappa shape index (κ1) is 25.0. The minimum atomic E-state index is -0.866. The molecular formula is C29H25ClN2O4S. The number of hydrogen-bond acceptors (Lipinski definition) is 6. The van der Waals surface area contributed by atoms with Gasteiger partial charge in [-0.05, 0) is 79.9 Å². The number of fused-ring (bicyclic) bond motifs is 1. The van der Waals surface area contributed by atoms with Gasteiger partial charge in [0.05, 0.1) is 27.9 Å². The van der Waals surface area contributed by atoms with Crippen molar-refractivity contribution in [3.63, 3.8) is 0 Å². The number of aryl methyl sites for hydroxylation is 1. The van der Waals surface area contributed by atoms with E-state index in [1.54, 1.807) is 48.5 Å². The molecule has 0 aliphatic carbocycles. The van der Waals surface area contributed by atoms with Gasteiger partial charge in [-0.2, -0.15) is 0 Å². The van der Waals surface area contributed by atoms with Crippen molar-refractivity contribution in [2.75, 3.05) is 4.90 Å². The van der Waals surface area contributed by atoms with Crippen LogP contribution in [0, 0.1) is 0 Å². The first-order chi connectivity index (χ1) is 17.8. The van der Waals surface area contributed by atoms with Crippen molar-refractivity contribution < 1.29 is 19.4 Å². The minimum Gasteiger partial charge on any atom is -0.507 e. The number of halogens is 1. The van der Waals surface area contributed by atoms with E-state index in [1.807, 2.05) is 32.0 Å². The Kier molecular flexibility index (Phi) is 6.75. The van der Waals surface area contributed by atoms with Gasteiger partial charge < -0.3 is 9.84 Å². The SMILES string of the molecule is CCc1ccc2nc(N3C(=O)C(=O)C(=C(O)c4ccc(Cl)cc4)C3c3ccc(OC(C)C)cc3)sc2c1. The Morgan fingerprint density at radius 2 is 1.78 bits per heavy atom. The lowest BCUT2D eigenvalue weighted by molar-refractivity contribution is -0.132. The van der Waals surface area contributed by atoms with Gasteiger partial charge in [-0.3, -0.25) is 14.5 Å². The summed E-state index contributed by atoms with van der Waals surface area (Å²) in [5.74, 6) is -1.11. The van der Waals surface area contributed by atoms with Gasteiger partial charge in [0.15, 0.2) is 5.13 Å². The largest absolute Gasteiger partial charge is 0.507 e. The van der Waals surface area contributed by atoms with Crippen LogP contribution < -0.4 is 9.64 Å². The van der Waals surface area contributed by atoms with Crippen molar-refractivity contribution in [1.29, 1.82) is 0 Å². The van der Waals surface area contributed by atoms with Crippen molar-refractivity contribution in [3.05, 3.63) is 94.0 Å². The van der Waals surface area contributed by atoms with E-state index >= 15 is 0 Å². The van der Waals surface area contributed by atoms with Gasteiger partial charge in [0.1, 0.15) is 11.5 Å². The number of anilines is 1. The molecule has 0 saturated carbocycles. The number of thiazole rings is 1. The highest BCUT2D eigenvalue weighted by molar-refractivity contribution is 7.22. The zero-order valence-electron chi connectivity index (χ0n) is 20.6. The second kappa shape index (κ2) is 10.00. The van der Waals surface area contributed by atoms with E-state index in [1.165, 1.54) is 16.2 Å². The molecule has 1 atom stereocenters. The van der Waals surface area contributed by atoms with Gasteiger partial charge >= 0.3 is 5.91 Å². The number of rotatable bonds is 6. The monoisotopic (exact) mass is 532 g/mol. The van der Waals surface area contributed by atoms with Crippen LogP contribution in [0.1, 0.15) is 43.5 Å². The van der Waals surface area contributed by atoms with Gasteiger partial charge in [-0.1, -0.05) is 48.1 Å². The molecule has 8 heteroatoms. The Morgan fingerprint density at radius 3 is 2.43 bits per heavy atom. The molecule has 0 bridgehead atoms. The van der Waals surface area contributed by atoms with Gasteiger partial charge in [0.2, 0.25) is 0 Å². The molecular weight excluding hydrogens is 508 g/mol. The summed E-state index contributed by atoms with van der Waals surface area (Å²) in [4.78, 5) is 32.9. The first-order valence-electron chi connectivity index (χ1n) is 12.0. The lowest BCUT2D eigenvalue weighted by atomic mass is 9.95. The molecule has 3 aromatic carbocycles. The van der Waals surface area contributed by atoms with Crippen LogP contribution in [0.2, 0.25) is 5.02 Å². The lowest BCUT2D eigenvalue weighted by Crippen LogP contribution is -2.29. The Morgan fingerprint density at radius 1 is 1.08 bits per heavy atom. The molecule has 188 valence electrons. The van der Waals surface area contributed by atoms with E-state index in [0.29, 0.717) is 27.0 Å². The molecule has 1 fully saturated rings. The van der Waals surface area contributed by atoms with E-state index < -0.39 is 17.7 Å². The topological polar surface area (TPSA) is 79.7 Å². The number of aliphatic hydroxyl groups excluding tert-OH is 1. The van der Waals surface area contributed by atoms with Crippen molar-refractivity contribution >= 4 is 55.7 Å². The highest BCUT2D eigenvalue weighted by atomic mass is 35.5. The van der Waals surface area contributed by atoms with E-state index in [-0.39, 0.29) is 17.4 Å². The molecule has 5 rings (SSSR count). The Hall–Kier alpha value is -3.68. The highest BCUT2D eigenvalue weighted by Crippen LogP contribution is 2.44. The molecule has 0 radical (unpaired) electrons. The second-order valence-electron chi connectivity index (χ2n) is 9.06. The fourth-order valence-electron chi connectivity index (χ4n) is 4.39. The zero-order valence-corrected chi connectivity index (χ0v) is 22.1. The number of nitrogens with zero attached hydrogens (tertiary/aromatic N) is 2. The van der Waals surface area contributed by atoms with Crippen molar-refractivity contribution in [2.24, 2.45) is 0 Å². The highest BCUT2D eigenvalue weighted by Gasteiger charge is 2.48. The number of Topliss-reactive ketones (excluding diaryl/α,β-unsaturated/α-hetero) is 1. The third-order valence-corrected chi connectivity index (χ3v) is 7.46. The summed E-state index contributed by atoms with van der Waals surface area (Å²) < 4.78 is 6.69. The number of ether oxygens (including phenoxy) is 1. The third-order valence-electron chi connectivity index (χ3n) is 6.19. The molecule has 1 amide bonds. The van der Waals surface area contributed by atoms with Crippen molar-refractivity contribution in [3.8, 4) is 5.75 Å². The fraction of sp³-hybridized carbons (Fsp3) is 0.207. The number of benzene rings is 3. The van der Waals surface area contributed by atoms with Crippen LogP contribution in [-0.4, -0.2) is 27.9 Å². The van der Waals surface area contributed by atoms with Crippen molar-refractivity contribution in [2.45, 2.75) is 39.3 Å². The fourth-order valence-corrected chi connectivity index (χ4v) is 5.57. The van der Waals surface area contributed by atoms with Gasteiger partial charge in [0, 0.05) is 10.6 Å². The van der Waals surface area contributed by atoms with E-state index in [2.05, 4.69) is 6.92 Å². The van der Waals surface area contributed by atoms with Crippen LogP contribution in [0.25, 0.3) is 16.0 Å². The average Bonchev–Trinajstić information content (AvgIpc) is 3.41. The van der Waals surface area contributed by atoms with E-state index in [0.717, 1.165) is 22.2 Å². The van der Waals surface area contributed by atoms with Gasteiger partial charge in [-0.25, -0.2) is 4.98 Å². The number of aromatic nitrogens is 1. The molecule has 1 N–H and O–H groups in total. The molecule has 2 heterocycles. The van der Waals surface area contributed by atoms with Crippen LogP contribution in [-0.2, 0) is 16.0 Å². The summed E-state index contributed by atoms with van der Waals surface area (Å²) in [5, 5.41) is 12.2. The van der Waals surface area contributed by atoms with Crippen LogP contribution >= 0.6 is 22.9 Å². The Bertz CT molecular complexity index is 1520. The second-order valence-corrected chi connectivity index (χ2v) is 10.5. The maximum Gasteiger partial charge on any atom is 0.301 e. The van der Waals surface area contributed by atoms with E-state index in [4.69, 9.17) is 21.3 Å². The molecule has 4 aromatic rings. The Labute approximate surface area is 223 Å². The summed E-state index contributed by atoms with van der Waals surface area (Å²) in [7, 11) is 0. The molecule has 1 aliphatic rings. The van der Waals surface area contributed by atoms with Crippen LogP contribution in [0.5, 0.6) is 5.75 Å². The molecule has 1 aromatic heterocycles. The normalized spacial score (nSPS) is 17.2. The summed E-state index contributed by atoms with van der Waals surface area (Å²) in [5.41, 5.74) is 2.95. The summed E-state index contributed by atoms with van der Waals surface area (Å²) in [6.45, 7) is 5.95. The maximum absolute atomic E-state index is 13.5. The number of carbonyl (C=O) groups excluding carboxylic acids is 2. The predicted octanol–water partition coefficient (Wildman–Crippen LogP) is 6.93. The molecule has 0 spiro atoms. The van der Waals surface area contributed by atoms with E-state index in [9.17, 15) is 14.7 Å². The maximum atomic E-state index is 13.5. The number of ketones is 1. The van der Waals surface area contributed by atoms with Crippen LogP contribution in [0.4, 0.5) is 5.13 Å². The van der Waals surface area contributed by atoms with Gasteiger partial charge in [0.25, 0.3) is 5.78 Å². The number of hydrogen-bond donors (Lipinski definition) is 1. The minimum absolute atomic E-state index is 0.00152. The number of amides is 1. The average molecular weight is 533 g/mol. The summed E-state index contributed by atoms with van der Waals surface area (Å²) in [6.07, 6.45) is 0.872. The zero-order chi connectivity index (χ0) is 26.3. The summed E-state index contributed by atoms with van der Waals surface area (Å²) >= 11 is 7.37. The first-order valence-corrected chi connectivity index (χ1v) is 13.2. The predicted molar refractivity (Wildman–Crippen MR) is 147 cm³/mol. The molecule has 1 unspecified atom stereocenters. The molecule has 6 nitrogen and oxygen atoms in total. The van der Waals surface area contributed by atoms with Crippen molar-refractivity contribution in [1.82, 2.24) is 4.98 Å². The molecule has 1 saturated heterocycles.